The molecule has 0 aromatic rings. The van der Waals surface area contributed by atoms with Gasteiger partial charge >= 0.3 is 0 Å². The van der Waals surface area contributed by atoms with Crippen LogP contribution in [0.2, 0.25) is 0 Å². The summed E-state index contributed by atoms with van der Waals surface area (Å²) < 4.78 is 0. The van der Waals surface area contributed by atoms with E-state index in [0.717, 1.165) is 6.29 Å². The van der Waals surface area contributed by atoms with Crippen molar-refractivity contribution in [1.29, 1.82) is 0 Å². The molecule has 1 rings (SSSR count). The molecule has 1 heterocycles. The molecule has 4 heteroatoms. The Morgan fingerprint density at radius 1 is 1.75 bits per heavy atom. The molecule has 0 spiro atoms. The molecule has 1 atom stereocenters. The molecule has 0 aromatic heterocycles. The third kappa shape index (κ3) is 1.53. The first-order valence-corrected chi connectivity index (χ1v) is 3.75. The van der Waals surface area contributed by atoms with Crippen LogP contribution in [0.3, 0.4) is 0 Å². The van der Waals surface area contributed by atoms with Gasteiger partial charge in [-0.2, -0.15) is 0 Å². The van der Waals surface area contributed by atoms with E-state index in [1.165, 1.54) is 24.0 Å². The van der Waals surface area contributed by atoms with Crippen molar-refractivity contribution in [2.75, 3.05) is 6.54 Å². The highest BCUT2D eigenvalue weighted by Gasteiger charge is 2.33. The first kappa shape index (κ1) is 8.93. The van der Waals surface area contributed by atoms with Crippen LogP contribution >= 0.6 is 0 Å². The second-order valence-electron chi connectivity index (χ2n) is 2.87. The lowest BCUT2D eigenvalue weighted by Gasteiger charge is -2.28. The van der Waals surface area contributed by atoms with Crippen molar-refractivity contribution >= 4 is 12.2 Å². The fraction of sp³-hybridized carbons (Fsp3) is 0.500. The van der Waals surface area contributed by atoms with Crippen molar-refractivity contribution in [3.63, 3.8) is 0 Å². The van der Waals surface area contributed by atoms with Gasteiger partial charge in [-0.3, -0.25) is 4.79 Å². The summed E-state index contributed by atoms with van der Waals surface area (Å²) in [5.41, 5.74) is -1.22. The van der Waals surface area contributed by atoms with E-state index >= 15 is 0 Å². The van der Waals surface area contributed by atoms with Crippen molar-refractivity contribution in [3.8, 4) is 0 Å². The van der Waals surface area contributed by atoms with Gasteiger partial charge < -0.3 is 14.8 Å². The molecular formula is C8H11NO3. The number of rotatable bonds is 3. The van der Waals surface area contributed by atoms with Crippen LogP contribution in [0.4, 0.5) is 0 Å². The normalized spacial score (nSPS) is 28.2. The van der Waals surface area contributed by atoms with E-state index in [1.54, 1.807) is 0 Å². The van der Waals surface area contributed by atoms with Crippen LogP contribution in [0.25, 0.3) is 0 Å². The molecular weight excluding hydrogens is 158 g/mol. The summed E-state index contributed by atoms with van der Waals surface area (Å²) in [6.07, 6.45) is 3.70. The number of hydrogen-bond donors (Lipinski definition) is 1. The minimum absolute atomic E-state index is 0.248. The van der Waals surface area contributed by atoms with Crippen LogP contribution in [-0.2, 0) is 9.59 Å². The first-order valence-electron chi connectivity index (χ1n) is 3.75. The second kappa shape index (κ2) is 3.06. The van der Waals surface area contributed by atoms with Gasteiger partial charge in [0.1, 0.15) is 6.29 Å². The number of aliphatic hydroxyl groups is 1. The van der Waals surface area contributed by atoms with E-state index in [4.69, 9.17) is 0 Å². The van der Waals surface area contributed by atoms with Crippen molar-refractivity contribution in [1.82, 2.24) is 4.90 Å². The van der Waals surface area contributed by atoms with Crippen molar-refractivity contribution in [2.24, 2.45) is 0 Å². The van der Waals surface area contributed by atoms with E-state index in [-0.39, 0.29) is 18.9 Å². The maximum atomic E-state index is 11.1. The van der Waals surface area contributed by atoms with E-state index in [2.05, 4.69) is 0 Å². The Labute approximate surface area is 70.5 Å². The number of amides is 1. The zero-order chi connectivity index (χ0) is 9.19. The largest absolute Gasteiger partial charge is 0.367 e. The van der Waals surface area contributed by atoms with Crippen molar-refractivity contribution in [3.05, 3.63) is 12.2 Å². The minimum Gasteiger partial charge on any atom is -0.367 e. The Balaban J connectivity index is 2.63. The number of hydrogen-bond acceptors (Lipinski definition) is 3. The van der Waals surface area contributed by atoms with E-state index < -0.39 is 5.72 Å². The van der Waals surface area contributed by atoms with Crippen LogP contribution < -0.4 is 0 Å². The molecule has 0 saturated heterocycles. The first-order chi connectivity index (χ1) is 5.58. The Morgan fingerprint density at radius 2 is 2.42 bits per heavy atom. The highest BCUT2D eigenvalue weighted by atomic mass is 16.3. The third-order valence-electron chi connectivity index (χ3n) is 1.82. The molecule has 0 radical (unpaired) electrons. The van der Waals surface area contributed by atoms with E-state index in [0.29, 0.717) is 0 Å². The lowest BCUT2D eigenvalue weighted by molar-refractivity contribution is -0.139. The van der Waals surface area contributed by atoms with Gasteiger partial charge in [0.15, 0.2) is 5.72 Å². The predicted molar refractivity (Wildman–Crippen MR) is 42.2 cm³/mol. The highest BCUT2D eigenvalue weighted by Crippen LogP contribution is 2.19. The van der Waals surface area contributed by atoms with Gasteiger partial charge in [-0.15, -0.1) is 0 Å². The van der Waals surface area contributed by atoms with Crippen molar-refractivity contribution < 1.29 is 14.7 Å². The van der Waals surface area contributed by atoms with Gasteiger partial charge in [-0.05, 0) is 13.0 Å². The Bertz CT molecular complexity index is 232. The zero-order valence-electron chi connectivity index (χ0n) is 6.86. The van der Waals surface area contributed by atoms with Gasteiger partial charge in [0.2, 0.25) is 5.91 Å². The molecule has 1 unspecified atom stereocenters. The van der Waals surface area contributed by atoms with Crippen LogP contribution in [0.15, 0.2) is 12.2 Å². The fourth-order valence-corrected chi connectivity index (χ4v) is 1.15. The van der Waals surface area contributed by atoms with Gasteiger partial charge in [-0.25, -0.2) is 0 Å². The fourth-order valence-electron chi connectivity index (χ4n) is 1.15. The van der Waals surface area contributed by atoms with Crippen molar-refractivity contribution in [2.45, 2.75) is 19.1 Å². The van der Waals surface area contributed by atoms with Gasteiger partial charge in [0.05, 0.1) is 0 Å². The molecule has 1 N–H and O–H groups in total. The monoisotopic (exact) mass is 169 g/mol. The number of carbonyl (C=O) groups excluding carboxylic acids is 2. The number of nitrogens with zero attached hydrogens (tertiary/aromatic N) is 1. The lowest BCUT2D eigenvalue weighted by atomic mass is 10.2. The number of carbonyl (C=O) groups is 2. The predicted octanol–water partition coefficient (Wildman–Crippen LogP) is -0.318. The van der Waals surface area contributed by atoms with Gasteiger partial charge in [-0.1, -0.05) is 0 Å². The topological polar surface area (TPSA) is 57.6 Å². The van der Waals surface area contributed by atoms with Crippen LogP contribution in [0.1, 0.15) is 13.3 Å². The summed E-state index contributed by atoms with van der Waals surface area (Å²) in [5.74, 6) is -0.248. The van der Waals surface area contributed by atoms with Gasteiger partial charge in [0.25, 0.3) is 0 Å². The van der Waals surface area contributed by atoms with Crippen LogP contribution in [0, 0.1) is 0 Å². The molecule has 0 aliphatic carbocycles. The zero-order valence-corrected chi connectivity index (χ0v) is 6.86. The lowest BCUT2D eigenvalue weighted by Crippen LogP contribution is -2.44. The Morgan fingerprint density at radius 3 is 2.83 bits per heavy atom. The molecule has 0 saturated carbocycles. The smallest absolute Gasteiger partial charge is 0.248 e. The Kier molecular flexibility index (Phi) is 2.28. The molecule has 0 fully saturated rings. The second-order valence-corrected chi connectivity index (χ2v) is 2.87. The third-order valence-corrected chi connectivity index (χ3v) is 1.82. The standard InChI is InChI=1S/C8H11NO3/c1-8(12)4-3-7(11)9(8)5-2-6-10/h3-4,6,12H,2,5H2,1H3. The minimum atomic E-state index is -1.22. The molecule has 1 amide bonds. The summed E-state index contributed by atoms with van der Waals surface area (Å²) in [5, 5.41) is 9.55. The maximum Gasteiger partial charge on any atom is 0.248 e. The average molecular weight is 169 g/mol. The van der Waals surface area contributed by atoms with E-state index in [1.807, 2.05) is 0 Å². The summed E-state index contributed by atoms with van der Waals surface area (Å²) in [7, 11) is 0. The van der Waals surface area contributed by atoms with E-state index in [9.17, 15) is 14.7 Å². The summed E-state index contributed by atoms with van der Waals surface area (Å²) >= 11 is 0. The molecule has 66 valence electrons. The summed E-state index contributed by atoms with van der Waals surface area (Å²) in [6, 6.07) is 0. The molecule has 1 aliphatic heterocycles. The summed E-state index contributed by atoms with van der Waals surface area (Å²) in [6.45, 7) is 1.78. The van der Waals surface area contributed by atoms with Crippen LogP contribution in [0.5, 0.6) is 0 Å². The molecule has 4 nitrogen and oxygen atoms in total. The Hall–Kier alpha value is -1.16. The average Bonchev–Trinajstić information content (AvgIpc) is 2.24. The quantitative estimate of drug-likeness (QED) is 0.589. The van der Waals surface area contributed by atoms with Gasteiger partial charge in [0, 0.05) is 19.0 Å². The molecule has 12 heavy (non-hydrogen) atoms. The molecule has 1 aliphatic rings. The number of aldehydes is 1. The summed E-state index contributed by atoms with van der Waals surface area (Å²) in [4.78, 5) is 22.3. The molecule has 0 bridgehead atoms. The molecule has 0 aromatic carbocycles. The van der Waals surface area contributed by atoms with Crippen LogP contribution in [-0.4, -0.2) is 34.5 Å². The SMILES string of the molecule is CC1(O)C=CC(=O)N1CCC=O. The highest BCUT2D eigenvalue weighted by molar-refractivity contribution is 5.91. The maximum absolute atomic E-state index is 11.1.